The van der Waals surface area contributed by atoms with Crippen LogP contribution in [0.15, 0.2) is 36.4 Å². The molecule has 0 N–H and O–H groups in total. The Morgan fingerprint density at radius 2 is 1.95 bits per heavy atom. The summed E-state index contributed by atoms with van der Waals surface area (Å²) in [5.41, 5.74) is 1.21. The van der Waals surface area contributed by atoms with Crippen molar-refractivity contribution >= 4 is 5.78 Å². The van der Waals surface area contributed by atoms with Gasteiger partial charge in [-0.1, -0.05) is 18.2 Å². The van der Waals surface area contributed by atoms with Gasteiger partial charge in [-0.2, -0.15) is 0 Å². The number of para-hydroxylation sites is 1. The number of hydrogen-bond donors (Lipinski definition) is 0. The molecule has 1 aliphatic rings. The van der Waals surface area contributed by atoms with Gasteiger partial charge in [0.2, 0.25) is 0 Å². The minimum atomic E-state index is -0.391. The second-order valence-corrected chi connectivity index (χ2v) is 4.62. The molecule has 1 aliphatic heterocycles. The van der Waals surface area contributed by atoms with E-state index in [9.17, 15) is 9.18 Å². The second kappa shape index (κ2) is 4.96. The van der Waals surface area contributed by atoms with Gasteiger partial charge in [-0.25, -0.2) is 4.39 Å². The number of ether oxygens (including phenoxy) is 2. The number of hydrogen-bond acceptors (Lipinski definition) is 3. The third-order valence-corrected chi connectivity index (χ3v) is 3.24. The maximum atomic E-state index is 13.6. The van der Waals surface area contributed by atoms with E-state index < -0.39 is 5.82 Å². The number of ketones is 1. The maximum Gasteiger partial charge on any atom is 0.197 e. The van der Waals surface area contributed by atoms with Crippen LogP contribution in [0.1, 0.15) is 21.5 Å². The topological polar surface area (TPSA) is 35.5 Å². The van der Waals surface area contributed by atoms with Crippen LogP contribution in [0.25, 0.3) is 0 Å². The van der Waals surface area contributed by atoms with E-state index >= 15 is 0 Å². The van der Waals surface area contributed by atoms with Crippen LogP contribution in [0, 0.1) is 12.7 Å². The molecule has 0 atom stereocenters. The van der Waals surface area contributed by atoms with E-state index in [1.54, 1.807) is 37.3 Å². The molecule has 0 spiro atoms. The van der Waals surface area contributed by atoms with Gasteiger partial charge in [0.05, 0.1) is 5.56 Å². The summed E-state index contributed by atoms with van der Waals surface area (Å²) in [4.78, 5) is 12.5. The molecule has 20 heavy (non-hydrogen) atoms. The highest BCUT2D eigenvalue weighted by Crippen LogP contribution is 2.34. The van der Waals surface area contributed by atoms with Gasteiger partial charge in [-0.3, -0.25) is 4.79 Å². The molecular formula is C16H13FO3. The van der Waals surface area contributed by atoms with Crippen molar-refractivity contribution in [2.24, 2.45) is 0 Å². The molecule has 0 fully saturated rings. The van der Waals surface area contributed by atoms with Crippen LogP contribution in [0.2, 0.25) is 0 Å². The summed E-state index contributed by atoms with van der Waals surface area (Å²) in [5.74, 6) is 0.323. The summed E-state index contributed by atoms with van der Waals surface area (Å²) in [6.45, 7) is 2.52. The van der Waals surface area contributed by atoms with Crippen molar-refractivity contribution in [1.29, 1.82) is 0 Å². The molecule has 4 heteroatoms. The van der Waals surface area contributed by atoms with Crippen LogP contribution < -0.4 is 9.47 Å². The Labute approximate surface area is 115 Å². The van der Waals surface area contributed by atoms with Gasteiger partial charge in [-0.15, -0.1) is 0 Å². The Balaban J connectivity index is 2.04. The summed E-state index contributed by atoms with van der Waals surface area (Å²) >= 11 is 0. The SMILES string of the molecule is Cc1ccc(C(=O)c2cccc3c2OCCO3)cc1F. The molecule has 0 radical (unpaired) electrons. The first kappa shape index (κ1) is 12.7. The van der Waals surface area contributed by atoms with E-state index in [2.05, 4.69) is 0 Å². The quantitative estimate of drug-likeness (QED) is 0.788. The molecule has 0 saturated heterocycles. The Hall–Kier alpha value is -2.36. The molecule has 3 nitrogen and oxygen atoms in total. The summed E-state index contributed by atoms with van der Waals surface area (Å²) in [6, 6.07) is 9.60. The monoisotopic (exact) mass is 272 g/mol. The molecule has 0 aliphatic carbocycles. The molecule has 0 amide bonds. The van der Waals surface area contributed by atoms with Gasteiger partial charge in [0.25, 0.3) is 0 Å². The summed E-state index contributed by atoms with van der Waals surface area (Å²) in [6.07, 6.45) is 0. The number of benzene rings is 2. The summed E-state index contributed by atoms with van der Waals surface area (Å²) in [5, 5.41) is 0. The first-order chi connectivity index (χ1) is 9.66. The minimum absolute atomic E-state index is 0.272. The molecule has 2 aromatic rings. The molecule has 1 heterocycles. The maximum absolute atomic E-state index is 13.6. The molecule has 0 aromatic heterocycles. The standard InChI is InChI=1S/C16H13FO3/c1-10-5-6-11(9-13(10)17)15(18)12-3-2-4-14-16(12)20-8-7-19-14/h2-6,9H,7-8H2,1H3. The van der Waals surface area contributed by atoms with Crippen molar-refractivity contribution in [3.63, 3.8) is 0 Å². The number of aryl methyl sites for hydroxylation is 1. The van der Waals surface area contributed by atoms with Gasteiger partial charge in [-0.05, 0) is 30.7 Å². The number of carbonyl (C=O) groups is 1. The normalized spacial score (nSPS) is 13.1. The fraction of sp³-hybridized carbons (Fsp3) is 0.188. The van der Waals surface area contributed by atoms with Crippen molar-refractivity contribution in [2.75, 3.05) is 13.2 Å². The van der Waals surface area contributed by atoms with Crippen molar-refractivity contribution < 1.29 is 18.7 Å². The smallest absolute Gasteiger partial charge is 0.197 e. The highest BCUT2D eigenvalue weighted by Gasteiger charge is 2.21. The Bertz CT molecular complexity index is 679. The third-order valence-electron chi connectivity index (χ3n) is 3.24. The van der Waals surface area contributed by atoms with Crippen LogP contribution in [0.3, 0.4) is 0 Å². The predicted octanol–water partition coefficient (Wildman–Crippen LogP) is 3.14. The van der Waals surface area contributed by atoms with Crippen molar-refractivity contribution in [1.82, 2.24) is 0 Å². The average molecular weight is 272 g/mol. The van der Waals surface area contributed by atoms with E-state index in [0.29, 0.717) is 41.4 Å². The highest BCUT2D eigenvalue weighted by molar-refractivity contribution is 6.11. The van der Waals surface area contributed by atoms with Gasteiger partial charge < -0.3 is 9.47 Å². The van der Waals surface area contributed by atoms with Crippen LogP contribution in [-0.2, 0) is 0 Å². The van der Waals surface area contributed by atoms with E-state index in [-0.39, 0.29) is 5.78 Å². The highest BCUT2D eigenvalue weighted by atomic mass is 19.1. The lowest BCUT2D eigenvalue weighted by atomic mass is 10.0. The zero-order chi connectivity index (χ0) is 14.1. The molecule has 0 unspecified atom stereocenters. The van der Waals surface area contributed by atoms with E-state index in [0.717, 1.165) is 0 Å². The van der Waals surface area contributed by atoms with E-state index in [1.165, 1.54) is 6.07 Å². The van der Waals surface area contributed by atoms with Crippen LogP contribution >= 0.6 is 0 Å². The molecule has 102 valence electrons. The fourth-order valence-corrected chi connectivity index (χ4v) is 2.14. The first-order valence-electron chi connectivity index (χ1n) is 6.36. The predicted molar refractivity (Wildman–Crippen MR) is 72.0 cm³/mol. The fourth-order valence-electron chi connectivity index (χ4n) is 2.14. The van der Waals surface area contributed by atoms with Gasteiger partial charge in [0, 0.05) is 5.56 Å². The zero-order valence-electron chi connectivity index (χ0n) is 11.0. The van der Waals surface area contributed by atoms with Gasteiger partial charge in [0.1, 0.15) is 19.0 Å². The van der Waals surface area contributed by atoms with Crippen molar-refractivity contribution in [3.05, 3.63) is 58.9 Å². The zero-order valence-corrected chi connectivity index (χ0v) is 11.0. The molecule has 2 aromatic carbocycles. The lowest BCUT2D eigenvalue weighted by Gasteiger charge is -2.20. The van der Waals surface area contributed by atoms with Gasteiger partial charge >= 0.3 is 0 Å². The minimum Gasteiger partial charge on any atom is -0.486 e. The summed E-state index contributed by atoms with van der Waals surface area (Å²) in [7, 11) is 0. The lowest BCUT2D eigenvalue weighted by Crippen LogP contribution is -2.18. The Kier molecular flexibility index (Phi) is 3.14. The molecule has 0 saturated carbocycles. The first-order valence-corrected chi connectivity index (χ1v) is 6.36. The number of rotatable bonds is 2. The lowest BCUT2D eigenvalue weighted by molar-refractivity contribution is 0.102. The van der Waals surface area contributed by atoms with E-state index in [1.807, 2.05) is 0 Å². The molecular weight excluding hydrogens is 259 g/mol. The molecule has 3 rings (SSSR count). The van der Waals surface area contributed by atoms with Gasteiger partial charge in [0.15, 0.2) is 17.3 Å². The second-order valence-electron chi connectivity index (χ2n) is 4.62. The number of fused-ring (bicyclic) bond motifs is 1. The van der Waals surface area contributed by atoms with E-state index in [4.69, 9.17) is 9.47 Å². The van der Waals surface area contributed by atoms with Crippen LogP contribution in [0.4, 0.5) is 4.39 Å². The van der Waals surface area contributed by atoms with Crippen molar-refractivity contribution in [2.45, 2.75) is 6.92 Å². The van der Waals surface area contributed by atoms with Crippen molar-refractivity contribution in [3.8, 4) is 11.5 Å². The largest absolute Gasteiger partial charge is 0.486 e. The third kappa shape index (κ3) is 2.13. The van der Waals surface area contributed by atoms with Crippen LogP contribution in [0.5, 0.6) is 11.5 Å². The summed E-state index contributed by atoms with van der Waals surface area (Å²) < 4.78 is 24.5. The number of halogens is 1. The Morgan fingerprint density at radius 1 is 1.15 bits per heavy atom. The molecule has 0 bridgehead atoms. The van der Waals surface area contributed by atoms with Crippen LogP contribution in [-0.4, -0.2) is 19.0 Å². The average Bonchev–Trinajstić information content (AvgIpc) is 2.49. The number of carbonyl (C=O) groups excluding carboxylic acids is 1. The Morgan fingerprint density at radius 3 is 2.75 bits per heavy atom.